The molecule has 0 saturated carbocycles. The maximum atomic E-state index is 9.23. The molecule has 3 heteroatoms. The summed E-state index contributed by atoms with van der Waals surface area (Å²) in [6, 6.07) is 9.73. The summed E-state index contributed by atoms with van der Waals surface area (Å²) < 4.78 is 5.37. The number of hydrogen-bond acceptors (Lipinski definition) is 3. The second-order valence-corrected chi connectivity index (χ2v) is 3.25. The van der Waals surface area contributed by atoms with Crippen LogP contribution in [0.4, 0.5) is 0 Å². The van der Waals surface area contributed by atoms with Gasteiger partial charge >= 0.3 is 0 Å². The first-order valence-corrected chi connectivity index (χ1v) is 4.68. The lowest BCUT2D eigenvalue weighted by atomic mass is 10.2. The Kier molecular flexibility index (Phi) is 4.59. The van der Waals surface area contributed by atoms with Gasteiger partial charge in [-0.05, 0) is 12.5 Å². The highest BCUT2D eigenvalue weighted by atomic mass is 16.5. The fraction of sp³-hybridized carbons (Fsp3) is 0.455. The Morgan fingerprint density at radius 1 is 1.29 bits per heavy atom. The summed E-state index contributed by atoms with van der Waals surface area (Å²) in [5.41, 5.74) is 1.06. The Morgan fingerprint density at radius 3 is 2.50 bits per heavy atom. The molecule has 1 rings (SSSR count). The Morgan fingerprint density at radius 2 is 1.93 bits per heavy atom. The molecule has 1 aromatic rings. The minimum atomic E-state index is -0.807. The first-order valence-electron chi connectivity index (χ1n) is 4.68. The third-order valence-electron chi connectivity index (χ3n) is 2.08. The molecule has 2 atom stereocenters. The standard InChI is InChI=1S/C11H16O3/c1-9(11(13)7-12)14-8-10-5-3-2-4-6-10/h2-6,9,11-13H,7-8H2,1H3/t9-,11+/m0/s1. The molecule has 0 aromatic heterocycles. The van der Waals surface area contributed by atoms with Gasteiger partial charge in [-0.3, -0.25) is 0 Å². The van der Waals surface area contributed by atoms with Gasteiger partial charge in [0.25, 0.3) is 0 Å². The van der Waals surface area contributed by atoms with Crippen molar-refractivity contribution in [3.05, 3.63) is 35.9 Å². The molecule has 3 nitrogen and oxygen atoms in total. The second-order valence-electron chi connectivity index (χ2n) is 3.25. The first kappa shape index (κ1) is 11.2. The molecule has 14 heavy (non-hydrogen) atoms. The largest absolute Gasteiger partial charge is 0.394 e. The Balaban J connectivity index is 2.34. The predicted octanol–water partition coefficient (Wildman–Crippen LogP) is 0.945. The van der Waals surface area contributed by atoms with E-state index in [-0.39, 0.29) is 12.7 Å². The van der Waals surface area contributed by atoms with Gasteiger partial charge in [0, 0.05) is 0 Å². The van der Waals surface area contributed by atoms with Crippen molar-refractivity contribution in [1.29, 1.82) is 0 Å². The summed E-state index contributed by atoms with van der Waals surface area (Å²) in [4.78, 5) is 0. The zero-order valence-electron chi connectivity index (χ0n) is 8.26. The van der Waals surface area contributed by atoms with Crippen molar-refractivity contribution < 1.29 is 14.9 Å². The molecular weight excluding hydrogens is 180 g/mol. The molecule has 0 radical (unpaired) electrons. The number of ether oxygens (including phenoxy) is 1. The van der Waals surface area contributed by atoms with E-state index in [1.54, 1.807) is 6.92 Å². The van der Waals surface area contributed by atoms with E-state index in [9.17, 15) is 5.11 Å². The highest BCUT2D eigenvalue weighted by Crippen LogP contribution is 2.05. The van der Waals surface area contributed by atoms with Crippen molar-refractivity contribution in [1.82, 2.24) is 0 Å². The number of aliphatic hydroxyl groups excluding tert-OH is 2. The van der Waals surface area contributed by atoms with Crippen LogP contribution in [-0.4, -0.2) is 29.0 Å². The number of rotatable bonds is 5. The summed E-state index contributed by atoms with van der Waals surface area (Å²) in [5, 5.41) is 17.9. The number of benzene rings is 1. The van der Waals surface area contributed by atoms with E-state index in [1.165, 1.54) is 0 Å². The van der Waals surface area contributed by atoms with Crippen molar-refractivity contribution >= 4 is 0 Å². The van der Waals surface area contributed by atoms with E-state index in [2.05, 4.69) is 0 Å². The van der Waals surface area contributed by atoms with Crippen LogP contribution in [0.2, 0.25) is 0 Å². The van der Waals surface area contributed by atoms with Crippen LogP contribution in [-0.2, 0) is 11.3 Å². The van der Waals surface area contributed by atoms with Crippen molar-refractivity contribution in [2.75, 3.05) is 6.61 Å². The molecule has 0 unspecified atom stereocenters. The molecule has 0 aliphatic carbocycles. The van der Waals surface area contributed by atoms with E-state index in [1.807, 2.05) is 30.3 Å². The van der Waals surface area contributed by atoms with Crippen molar-refractivity contribution in [3.8, 4) is 0 Å². The van der Waals surface area contributed by atoms with Crippen LogP contribution < -0.4 is 0 Å². The lowest BCUT2D eigenvalue weighted by Crippen LogP contribution is -2.29. The normalized spacial score (nSPS) is 15.1. The summed E-state index contributed by atoms with van der Waals surface area (Å²) in [5.74, 6) is 0. The van der Waals surface area contributed by atoms with Crippen LogP contribution in [0.15, 0.2) is 30.3 Å². The van der Waals surface area contributed by atoms with Crippen LogP contribution in [0.5, 0.6) is 0 Å². The van der Waals surface area contributed by atoms with Gasteiger partial charge in [0.2, 0.25) is 0 Å². The van der Waals surface area contributed by atoms with Gasteiger partial charge in [0.1, 0.15) is 6.10 Å². The number of hydrogen-bond donors (Lipinski definition) is 2. The minimum absolute atomic E-state index is 0.268. The maximum Gasteiger partial charge on any atom is 0.103 e. The van der Waals surface area contributed by atoms with E-state index in [0.29, 0.717) is 6.61 Å². The van der Waals surface area contributed by atoms with Crippen molar-refractivity contribution in [3.63, 3.8) is 0 Å². The maximum absolute atomic E-state index is 9.23. The van der Waals surface area contributed by atoms with Crippen molar-refractivity contribution in [2.45, 2.75) is 25.7 Å². The van der Waals surface area contributed by atoms with Gasteiger partial charge in [0.15, 0.2) is 0 Å². The van der Waals surface area contributed by atoms with Crippen LogP contribution in [0.3, 0.4) is 0 Å². The zero-order chi connectivity index (χ0) is 10.4. The van der Waals surface area contributed by atoms with Crippen LogP contribution in [0.25, 0.3) is 0 Å². The van der Waals surface area contributed by atoms with Gasteiger partial charge < -0.3 is 14.9 Å². The summed E-state index contributed by atoms with van der Waals surface area (Å²) in [6.45, 7) is 1.93. The predicted molar refractivity (Wildman–Crippen MR) is 53.8 cm³/mol. The van der Waals surface area contributed by atoms with E-state index in [0.717, 1.165) is 5.56 Å². The highest BCUT2D eigenvalue weighted by Gasteiger charge is 2.12. The fourth-order valence-corrected chi connectivity index (χ4v) is 1.06. The average Bonchev–Trinajstić information content (AvgIpc) is 2.26. The van der Waals surface area contributed by atoms with Crippen LogP contribution >= 0.6 is 0 Å². The van der Waals surface area contributed by atoms with Gasteiger partial charge in [-0.1, -0.05) is 30.3 Å². The second kappa shape index (κ2) is 5.75. The van der Waals surface area contributed by atoms with Crippen molar-refractivity contribution in [2.24, 2.45) is 0 Å². The molecule has 0 spiro atoms. The van der Waals surface area contributed by atoms with Gasteiger partial charge in [-0.2, -0.15) is 0 Å². The molecule has 0 aliphatic heterocycles. The topological polar surface area (TPSA) is 49.7 Å². The van der Waals surface area contributed by atoms with Gasteiger partial charge in [0.05, 0.1) is 19.3 Å². The van der Waals surface area contributed by atoms with Gasteiger partial charge in [-0.15, -0.1) is 0 Å². The molecule has 0 fully saturated rings. The highest BCUT2D eigenvalue weighted by molar-refractivity contribution is 5.13. The lowest BCUT2D eigenvalue weighted by Gasteiger charge is -2.17. The summed E-state index contributed by atoms with van der Waals surface area (Å²) >= 11 is 0. The molecule has 0 bridgehead atoms. The fourth-order valence-electron chi connectivity index (χ4n) is 1.06. The van der Waals surface area contributed by atoms with E-state index in [4.69, 9.17) is 9.84 Å². The molecular formula is C11H16O3. The monoisotopic (exact) mass is 196 g/mol. The molecule has 0 heterocycles. The smallest absolute Gasteiger partial charge is 0.103 e. The Labute approximate surface area is 84.0 Å². The quantitative estimate of drug-likeness (QED) is 0.737. The third-order valence-corrected chi connectivity index (χ3v) is 2.08. The van der Waals surface area contributed by atoms with Crippen LogP contribution in [0.1, 0.15) is 12.5 Å². The molecule has 1 aromatic carbocycles. The minimum Gasteiger partial charge on any atom is -0.394 e. The van der Waals surface area contributed by atoms with E-state index >= 15 is 0 Å². The summed E-state index contributed by atoms with van der Waals surface area (Å²) in [7, 11) is 0. The first-order chi connectivity index (χ1) is 6.74. The number of aliphatic hydroxyl groups is 2. The lowest BCUT2D eigenvalue weighted by molar-refractivity contribution is -0.0551. The Bertz CT molecular complexity index is 248. The van der Waals surface area contributed by atoms with Gasteiger partial charge in [-0.25, -0.2) is 0 Å². The molecule has 2 N–H and O–H groups in total. The molecule has 0 saturated heterocycles. The third kappa shape index (κ3) is 3.46. The van der Waals surface area contributed by atoms with E-state index < -0.39 is 6.10 Å². The SMILES string of the molecule is C[C@H](OCc1ccccc1)[C@H](O)CO. The molecule has 78 valence electrons. The molecule has 0 aliphatic rings. The summed E-state index contributed by atoms with van der Waals surface area (Å²) in [6.07, 6.45) is -1.15. The Hall–Kier alpha value is -0.900. The van der Waals surface area contributed by atoms with Crippen LogP contribution in [0, 0.1) is 0 Å². The average molecular weight is 196 g/mol. The zero-order valence-corrected chi connectivity index (χ0v) is 8.26. The molecule has 0 amide bonds.